The second-order valence-electron chi connectivity index (χ2n) is 7.43. The van der Waals surface area contributed by atoms with Crippen molar-refractivity contribution in [2.45, 2.75) is 31.9 Å². The summed E-state index contributed by atoms with van der Waals surface area (Å²) in [4.78, 5) is 31.9. The van der Waals surface area contributed by atoms with Crippen molar-refractivity contribution in [1.82, 2.24) is 10.2 Å². The number of nitrogens with one attached hydrogen (secondary N) is 1. The van der Waals surface area contributed by atoms with Gasteiger partial charge in [0.2, 0.25) is 5.91 Å². The zero-order chi connectivity index (χ0) is 21.5. The zero-order valence-electron chi connectivity index (χ0n) is 17.2. The van der Waals surface area contributed by atoms with Gasteiger partial charge in [0.15, 0.2) is 0 Å². The highest BCUT2D eigenvalue weighted by atomic mass is 16.6. The highest BCUT2D eigenvalue weighted by Crippen LogP contribution is 2.24. The van der Waals surface area contributed by atoms with Gasteiger partial charge >= 0.3 is 0 Å². The lowest BCUT2D eigenvalue weighted by Crippen LogP contribution is -2.40. The van der Waals surface area contributed by atoms with Gasteiger partial charge in [0.05, 0.1) is 18.4 Å². The van der Waals surface area contributed by atoms with Gasteiger partial charge in [-0.25, -0.2) is 0 Å². The van der Waals surface area contributed by atoms with Crippen LogP contribution in [0, 0.1) is 0 Å². The van der Waals surface area contributed by atoms with Gasteiger partial charge in [0.1, 0.15) is 7.11 Å². The zero-order valence-corrected chi connectivity index (χ0v) is 17.2. The molecule has 0 radical (unpaired) electrons. The standard InChI is InChI=1S/C23H27N3O4/c1-16(27)14-24-22(28)13-21-12-20(25-30-2)15-26(21)23(29)19-10-8-18(9-11-19)17-6-4-3-5-7-17/h3-11,16,21,27H,12-15H2,1-2H3,(H,24,28)/t16?,21-/m0/s1. The topological polar surface area (TPSA) is 91.2 Å². The van der Waals surface area contributed by atoms with E-state index in [1.807, 2.05) is 42.5 Å². The quantitative estimate of drug-likeness (QED) is 0.688. The fraction of sp³-hybridized carbons (Fsp3) is 0.348. The molecule has 0 aliphatic carbocycles. The lowest BCUT2D eigenvalue weighted by atomic mass is 10.0. The normalized spacial score (nSPS) is 18.3. The number of likely N-dealkylation sites (tertiary alicyclic amines) is 1. The first kappa shape index (κ1) is 21.5. The summed E-state index contributed by atoms with van der Waals surface area (Å²) in [6.45, 7) is 2.11. The fourth-order valence-corrected chi connectivity index (χ4v) is 3.54. The van der Waals surface area contributed by atoms with Gasteiger partial charge in [-0.2, -0.15) is 0 Å². The maximum atomic E-state index is 13.2. The number of rotatable bonds is 7. The molecule has 7 nitrogen and oxygen atoms in total. The smallest absolute Gasteiger partial charge is 0.254 e. The van der Waals surface area contributed by atoms with Crippen molar-refractivity contribution in [2.75, 3.05) is 20.2 Å². The molecule has 30 heavy (non-hydrogen) atoms. The third kappa shape index (κ3) is 5.45. The van der Waals surface area contributed by atoms with E-state index < -0.39 is 6.10 Å². The number of carbonyl (C=O) groups excluding carboxylic acids is 2. The average Bonchev–Trinajstić information content (AvgIpc) is 3.15. The monoisotopic (exact) mass is 409 g/mol. The summed E-state index contributed by atoms with van der Waals surface area (Å²) in [5, 5.41) is 16.0. The van der Waals surface area contributed by atoms with Crippen LogP contribution >= 0.6 is 0 Å². The molecule has 2 amide bonds. The first-order valence-electron chi connectivity index (χ1n) is 9.98. The highest BCUT2D eigenvalue weighted by molar-refractivity contribution is 6.01. The molecule has 1 heterocycles. The fourth-order valence-electron chi connectivity index (χ4n) is 3.54. The van der Waals surface area contributed by atoms with E-state index in [-0.39, 0.29) is 30.8 Å². The van der Waals surface area contributed by atoms with E-state index in [0.29, 0.717) is 18.5 Å². The van der Waals surface area contributed by atoms with E-state index >= 15 is 0 Å². The summed E-state index contributed by atoms with van der Waals surface area (Å²) in [6.07, 6.45) is -0.00316. The van der Waals surface area contributed by atoms with Crippen LogP contribution in [0.2, 0.25) is 0 Å². The molecule has 0 bridgehead atoms. The molecule has 0 aromatic heterocycles. The Morgan fingerprint density at radius 3 is 2.47 bits per heavy atom. The largest absolute Gasteiger partial charge is 0.399 e. The lowest BCUT2D eigenvalue weighted by Gasteiger charge is -2.24. The summed E-state index contributed by atoms with van der Waals surface area (Å²) in [5.74, 6) is -0.360. The maximum Gasteiger partial charge on any atom is 0.254 e. The molecule has 1 unspecified atom stereocenters. The Morgan fingerprint density at radius 2 is 1.83 bits per heavy atom. The Balaban J connectivity index is 1.74. The molecule has 0 saturated carbocycles. The summed E-state index contributed by atoms with van der Waals surface area (Å²) in [7, 11) is 1.46. The Kier molecular flexibility index (Phi) is 7.19. The van der Waals surface area contributed by atoms with E-state index in [1.54, 1.807) is 24.0 Å². The van der Waals surface area contributed by atoms with Gasteiger partial charge in [-0.15, -0.1) is 0 Å². The molecule has 1 aliphatic rings. The second-order valence-corrected chi connectivity index (χ2v) is 7.43. The second kappa shape index (κ2) is 10.0. The number of amides is 2. The van der Waals surface area contributed by atoms with Crippen LogP contribution in [0.5, 0.6) is 0 Å². The number of nitrogens with zero attached hydrogens (tertiary/aromatic N) is 2. The molecule has 0 spiro atoms. The van der Waals surface area contributed by atoms with Crippen LogP contribution in [0.1, 0.15) is 30.1 Å². The molecule has 2 aromatic carbocycles. The molecule has 158 valence electrons. The number of oxime groups is 1. The number of carbonyl (C=O) groups is 2. The van der Waals surface area contributed by atoms with Gasteiger partial charge in [0.25, 0.3) is 5.91 Å². The minimum Gasteiger partial charge on any atom is -0.399 e. The van der Waals surface area contributed by atoms with Crippen LogP contribution < -0.4 is 5.32 Å². The van der Waals surface area contributed by atoms with Crippen LogP contribution in [0.3, 0.4) is 0 Å². The lowest BCUT2D eigenvalue weighted by molar-refractivity contribution is -0.122. The molecule has 1 saturated heterocycles. The number of hydrogen-bond acceptors (Lipinski definition) is 5. The number of hydrogen-bond donors (Lipinski definition) is 2. The molecule has 1 aliphatic heterocycles. The van der Waals surface area contributed by atoms with Crippen molar-refractivity contribution in [3.05, 3.63) is 60.2 Å². The summed E-state index contributed by atoms with van der Waals surface area (Å²) in [6, 6.07) is 17.1. The van der Waals surface area contributed by atoms with Crippen LogP contribution in [-0.2, 0) is 9.63 Å². The minimum atomic E-state index is -0.621. The summed E-state index contributed by atoms with van der Waals surface area (Å²) in [5.41, 5.74) is 3.40. The first-order valence-corrected chi connectivity index (χ1v) is 9.98. The Labute approximate surface area is 176 Å². The van der Waals surface area contributed by atoms with E-state index in [2.05, 4.69) is 10.5 Å². The number of aliphatic hydroxyl groups excluding tert-OH is 1. The van der Waals surface area contributed by atoms with Gasteiger partial charge < -0.3 is 20.2 Å². The Bertz CT molecular complexity index is 894. The SMILES string of the molecule is CON=C1C[C@@H](CC(=O)NCC(C)O)N(C(=O)c2ccc(-c3ccccc3)cc2)C1. The first-order chi connectivity index (χ1) is 14.5. The Hall–Kier alpha value is -3.19. The number of aliphatic hydroxyl groups is 1. The van der Waals surface area contributed by atoms with Gasteiger partial charge in [-0.1, -0.05) is 47.6 Å². The third-order valence-corrected chi connectivity index (χ3v) is 5.00. The minimum absolute atomic E-state index is 0.142. The molecule has 3 rings (SSSR count). The predicted octanol–water partition coefficient (Wildman–Crippen LogP) is 2.46. The van der Waals surface area contributed by atoms with Crippen molar-refractivity contribution in [3.63, 3.8) is 0 Å². The predicted molar refractivity (Wildman–Crippen MR) is 115 cm³/mol. The van der Waals surface area contributed by atoms with Crippen molar-refractivity contribution in [3.8, 4) is 11.1 Å². The molecule has 1 fully saturated rings. The highest BCUT2D eigenvalue weighted by Gasteiger charge is 2.35. The summed E-state index contributed by atoms with van der Waals surface area (Å²) >= 11 is 0. The molecule has 2 atom stereocenters. The van der Waals surface area contributed by atoms with Crippen LogP contribution in [0.15, 0.2) is 59.8 Å². The van der Waals surface area contributed by atoms with Gasteiger partial charge in [-0.05, 0) is 30.2 Å². The molecular formula is C23H27N3O4. The third-order valence-electron chi connectivity index (χ3n) is 5.00. The molecule has 7 heteroatoms. The van der Waals surface area contributed by atoms with E-state index in [1.165, 1.54) is 7.11 Å². The van der Waals surface area contributed by atoms with E-state index in [0.717, 1.165) is 16.8 Å². The van der Waals surface area contributed by atoms with Crippen molar-refractivity contribution in [2.24, 2.45) is 5.16 Å². The van der Waals surface area contributed by atoms with Crippen LogP contribution in [0.4, 0.5) is 0 Å². The van der Waals surface area contributed by atoms with Crippen molar-refractivity contribution >= 4 is 17.5 Å². The molecular weight excluding hydrogens is 382 g/mol. The van der Waals surface area contributed by atoms with Crippen molar-refractivity contribution < 1.29 is 19.5 Å². The van der Waals surface area contributed by atoms with E-state index in [9.17, 15) is 14.7 Å². The Morgan fingerprint density at radius 1 is 1.17 bits per heavy atom. The van der Waals surface area contributed by atoms with Crippen LogP contribution in [-0.4, -0.2) is 59.9 Å². The molecule has 2 aromatic rings. The average molecular weight is 409 g/mol. The maximum absolute atomic E-state index is 13.2. The van der Waals surface area contributed by atoms with Gasteiger partial charge in [-0.3, -0.25) is 9.59 Å². The molecule has 2 N–H and O–H groups in total. The number of benzene rings is 2. The van der Waals surface area contributed by atoms with Crippen molar-refractivity contribution in [1.29, 1.82) is 0 Å². The van der Waals surface area contributed by atoms with Gasteiger partial charge in [0, 0.05) is 31.0 Å². The van der Waals surface area contributed by atoms with E-state index in [4.69, 9.17) is 4.84 Å². The summed E-state index contributed by atoms with van der Waals surface area (Å²) < 4.78 is 0. The van der Waals surface area contributed by atoms with Crippen LogP contribution in [0.25, 0.3) is 11.1 Å².